The van der Waals surface area contributed by atoms with Crippen LogP contribution >= 0.6 is 11.3 Å². The molecule has 4 aliphatic carbocycles. The second-order valence-electron chi connectivity index (χ2n) is 9.95. The predicted octanol–water partition coefficient (Wildman–Crippen LogP) is 5.63. The molecule has 4 nitrogen and oxygen atoms in total. The third-order valence-corrected chi connectivity index (χ3v) is 7.93. The summed E-state index contributed by atoms with van der Waals surface area (Å²) in [7, 11) is 0. The second kappa shape index (κ2) is 5.69. The highest BCUT2D eigenvalue weighted by Gasteiger charge is 2.62. The van der Waals surface area contributed by atoms with Gasteiger partial charge in [-0.15, -0.1) is 0 Å². The van der Waals surface area contributed by atoms with Crippen molar-refractivity contribution < 1.29 is 9.53 Å². The Hall–Kier alpha value is -1.62. The first-order valence-electron chi connectivity index (χ1n) is 10.2. The number of nitrogens with zero attached hydrogens (tertiary/aromatic N) is 1. The molecule has 0 spiro atoms. The van der Waals surface area contributed by atoms with Crippen LogP contribution < -0.4 is 10.1 Å². The van der Waals surface area contributed by atoms with Gasteiger partial charge in [0.15, 0.2) is 5.13 Å². The fourth-order valence-electron chi connectivity index (χ4n) is 7.15. The predicted molar refractivity (Wildman–Crippen MR) is 109 cm³/mol. The first kappa shape index (κ1) is 17.5. The number of nitrogens with one attached hydrogen (secondary N) is 1. The topological polar surface area (TPSA) is 51.2 Å². The zero-order valence-corrected chi connectivity index (χ0v) is 17.2. The summed E-state index contributed by atoms with van der Waals surface area (Å²) in [5.41, 5.74) is 1.40. The van der Waals surface area contributed by atoms with Gasteiger partial charge < -0.3 is 10.1 Å². The second-order valence-corrected chi connectivity index (χ2v) is 11.0. The number of hydrogen-bond donors (Lipinski definition) is 1. The third-order valence-electron chi connectivity index (χ3n) is 7.00. The van der Waals surface area contributed by atoms with Crippen LogP contribution in [0.25, 0.3) is 10.2 Å². The number of hydrogen-bond acceptors (Lipinski definition) is 4. The number of benzene rings is 1. The van der Waals surface area contributed by atoms with Crippen molar-refractivity contribution in [2.45, 2.75) is 59.3 Å². The van der Waals surface area contributed by atoms with Crippen molar-refractivity contribution in [2.75, 3.05) is 11.9 Å². The Morgan fingerprint density at radius 2 is 1.96 bits per heavy atom. The first-order valence-corrected chi connectivity index (χ1v) is 11.0. The van der Waals surface area contributed by atoms with E-state index in [0.717, 1.165) is 40.4 Å². The van der Waals surface area contributed by atoms with Crippen molar-refractivity contribution >= 4 is 32.6 Å². The maximum absolute atomic E-state index is 13.4. The highest BCUT2D eigenvalue weighted by Crippen LogP contribution is 2.69. The average molecular weight is 385 g/mol. The molecule has 2 aromatic rings. The Balaban J connectivity index is 1.41. The van der Waals surface area contributed by atoms with E-state index in [1.54, 1.807) is 11.3 Å². The van der Waals surface area contributed by atoms with Gasteiger partial charge in [0.25, 0.3) is 0 Å². The van der Waals surface area contributed by atoms with Gasteiger partial charge in [0, 0.05) is 0 Å². The van der Waals surface area contributed by atoms with Crippen molar-refractivity contribution in [1.29, 1.82) is 0 Å². The Morgan fingerprint density at radius 1 is 1.22 bits per heavy atom. The molecule has 144 valence electrons. The van der Waals surface area contributed by atoms with E-state index in [0.29, 0.717) is 23.4 Å². The summed E-state index contributed by atoms with van der Waals surface area (Å²) in [5.74, 6) is 1.77. The van der Waals surface area contributed by atoms with E-state index < -0.39 is 0 Å². The molecule has 1 aromatic carbocycles. The lowest BCUT2D eigenvalue weighted by Gasteiger charge is -2.64. The highest BCUT2D eigenvalue weighted by atomic mass is 32.1. The summed E-state index contributed by atoms with van der Waals surface area (Å²) in [6, 6.07) is 5.93. The van der Waals surface area contributed by atoms with Crippen LogP contribution in [0.5, 0.6) is 5.75 Å². The summed E-state index contributed by atoms with van der Waals surface area (Å²) in [4.78, 5) is 18.1. The van der Waals surface area contributed by atoms with Crippen molar-refractivity contribution in [3.63, 3.8) is 0 Å². The number of carbonyl (C=O) groups excluding carboxylic acids is 1. The molecule has 1 heterocycles. The summed E-state index contributed by atoms with van der Waals surface area (Å²) in [6.07, 6.45) is 7.03. The number of aromatic nitrogens is 1. The molecule has 1 amide bonds. The molecule has 5 heteroatoms. The van der Waals surface area contributed by atoms with Gasteiger partial charge in [-0.3, -0.25) is 4.79 Å². The third kappa shape index (κ3) is 2.86. The molecular formula is C22H28N2O2S. The van der Waals surface area contributed by atoms with Crippen molar-refractivity contribution in [3.05, 3.63) is 18.2 Å². The van der Waals surface area contributed by atoms with Crippen molar-refractivity contribution in [1.82, 2.24) is 4.98 Å². The number of rotatable bonds is 4. The lowest BCUT2D eigenvalue weighted by atomic mass is 9.40. The zero-order chi connectivity index (χ0) is 18.9. The Labute approximate surface area is 164 Å². The van der Waals surface area contributed by atoms with Gasteiger partial charge in [-0.2, -0.15) is 0 Å². The van der Waals surface area contributed by atoms with Crippen LogP contribution in [-0.2, 0) is 4.79 Å². The monoisotopic (exact) mass is 384 g/mol. The molecule has 0 saturated heterocycles. The maximum Gasteiger partial charge on any atom is 0.232 e. The Morgan fingerprint density at radius 3 is 2.63 bits per heavy atom. The number of anilines is 1. The van der Waals surface area contributed by atoms with Gasteiger partial charge in [0.05, 0.1) is 22.2 Å². The summed E-state index contributed by atoms with van der Waals surface area (Å²) in [6.45, 7) is 7.44. The van der Waals surface area contributed by atoms with Crippen LogP contribution in [-0.4, -0.2) is 17.5 Å². The number of thiazole rings is 1. The summed E-state index contributed by atoms with van der Waals surface area (Å²) < 4.78 is 6.64. The van der Waals surface area contributed by atoms with Gasteiger partial charge in [-0.1, -0.05) is 25.2 Å². The molecule has 0 radical (unpaired) electrons. The van der Waals surface area contributed by atoms with E-state index >= 15 is 0 Å². The van der Waals surface area contributed by atoms with E-state index in [9.17, 15) is 4.79 Å². The van der Waals surface area contributed by atoms with Crippen LogP contribution in [0.15, 0.2) is 18.2 Å². The highest BCUT2D eigenvalue weighted by molar-refractivity contribution is 7.22. The molecule has 4 aliphatic rings. The molecule has 6 rings (SSSR count). The molecule has 2 unspecified atom stereocenters. The molecule has 27 heavy (non-hydrogen) atoms. The fraction of sp³-hybridized carbons (Fsp3) is 0.636. The number of carbonyl (C=O) groups is 1. The van der Waals surface area contributed by atoms with Gasteiger partial charge in [0.2, 0.25) is 5.91 Å². The molecule has 1 aromatic heterocycles. The maximum atomic E-state index is 13.4. The fourth-order valence-corrected chi connectivity index (χ4v) is 8.03. The number of fused-ring (bicyclic) bond motifs is 1. The van der Waals surface area contributed by atoms with Crippen LogP contribution in [0.1, 0.15) is 59.3 Å². The number of ether oxygens (including phenoxy) is 1. The average Bonchev–Trinajstić information content (AvgIpc) is 2.93. The minimum atomic E-state index is -0.197. The summed E-state index contributed by atoms with van der Waals surface area (Å²) >= 11 is 1.54. The largest absolute Gasteiger partial charge is 0.494 e. The lowest BCUT2D eigenvalue weighted by Crippen LogP contribution is -2.58. The molecular weight excluding hydrogens is 356 g/mol. The Bertz CT molecular complexity index is 902. The minimum Gasteiger partial charge on any atom is -0.494 e. The van der Waals surface area contributed by atoms with Crippen LogP contribution in [0.4, 0.5) is 5.13 Å². The van der Waals surface area contributed by atoms with E-state index in [1.807, 2.05) is 25.1 Å². The van der Waals surface area contributed by atoms with E-state index in [-0.39, 0.29) is 11.3 Å². The SMILES string of the molecule is CCOc1ccc2nc(NC(=O)C34CC5CC(C)(CC(C)(C5)C3)C4)sc2c1. The van der Waals surface area contributed by atoms with Crippen LogP contribution in [0.3, 0.4) is 0 Å². The molecule has 2 atom stereocenters. The smallest absolute Gasteiger partial charge is 0.232 e. The molecule has 4 fully saturated rings. The van der Waals surface area contributed by atoms with Gasteiger partial charge in [-0.05, 0) is 80.4 Å². The zero-order valence-electron chi connectivity index (χ0n) is 16.4. The van der Waals surface area contributed by atoms with Gasteiger partial charge in [-0.25, -0.2) is 4.98 Å². The van der Waals surface area contributed by atoms with Crippen molar-refractivity contribution in [2.24, 2.45) is 22.2 Å². The number of amides is 1. The van der Waals surface area contributed by atoms with E-state index in [4.69, 9.17) is 4.74 Å². The first-order chi connectivity index (χ1) is 12.8. The molecule has 0 aliphatic heterocycles. The molecule has 1 N–H and O–H groups in total. The molecule has 4 saturated carbocycles. The Kier molecular flexibility index (Phi) is 3.69. The standard InChI is InChI=1S/C22H28N2O2S/c1-4-26-15-5-6-16-17(7-15)27-19(23-16)24-18(25)22-10-14-8-20(2,12-22)11-21(3,9-14)13-22/h5-7,14H,4,8-13H2,1-3H3,(H,23,24,25). The summed E-state index contributed by atoms with van der Waals surface area (Å²) in [5, 5.41) is 3.92. The lowest BCUT2D eigenvalue weighted by molar-refractivity contribution is -0.165. The van der Waals surface area contributed by atoms with Crippen molar-refractivity contribution in [3.8, 4) is 5.75 Å². The normalized spacial score (nSPS) is 36.9. The van der Waals surface area contributed by atoms with Crippen LogP contribution in [0, 0.1) is 22.2 Å². The molecule has 4 bridgehead atoms. The van der Waals surface area contributed by atoms with E-state index in [2.05, 4.69) is 24.1 Å². The quantitative estimate of drug-likeness (QED) is 0.743. The van der Waals surface area contributed by atoms with Gasteiger partial charge >= 0.3 is 0 Å². The minimum absolute atomic E-state index is 0.197. The van der Waals surface area contributed by atoms with Gasteiger partial charge in [0.1, 0.15) is 5.75 Å². The van der Waals surface area contributed by atoms with E-state index in [1.165, 1.54) is 19.3 Å². The van der Waals surface area contributed by atoms with Crippen LogP contribution in [0.2, 0.25) is 0 Å².